The molecular formula is C10H20N4. The molecule has 0 bridgehead atoms. The van der Waals surface area contributed by atoms with Crippen molar-refractivity contribution >= 4 is 5.96 Å². The van der Waals surface area contributed by atoms with Gasteiger partial charge in [-0.2, -0.15) is 0 Å². The molecule has 14 heavy (non-hydrogen) atoms. The van der Waals surface area contributed by atoms with Crippen molar-refractivity contribution in [1.82, 2.24) is 10.3 Å². The molecule has 1 aliphatic heterocycles. The molecule has 1 heterocycles. The summed E-state index contributed by atoms with van der Waals surface area (Å²) in [4.78, 5) is 6.84. The van der Waals surface area contributed by atoms with Crippen LogP contribution in [0.5, 0.6) is 0 Å². The summed E-state index contributed by atoms with van der Waals surface area (Å²) in [6, 6.07) is 0.542. The fourth-order valence-electron chi connectivity index (χ4n) is 1.81. The summed E-state index contributed by atoms with van der Waals surface area (Å²) in [5, 5.41) is 0. The average Bonchev–Trinajstić information content (AvgIpc) is 3.00. The lowest BCUT2D eigenvalue weighted by Crippen LogP contribution is -2.48. The SMILES string of the molecule is CC1CCN(C(=NC2CC2)NN)CC1. The molecule has 0 aromatic carbocycles. The molecule has 1 aliphatic carbocycles. The quantitative estimate of drug-likeness (QED) is 0.281. The highest BCUT2D eigenvalue weighted by molar-refractivity contribution is 5.79. The summed E-state index contributed by atoms with van der Waals surface area (Å²) >= 11 is 0. The molecule has 0 atom stereocenters. The van der Waals surface area contributed by atoms with Gasteiger partial charge in [-0.3, -0.25) is 5.43 Å². The Kier molecular flexibility index (Phi) is 2.91. The van der Waals surface area contributed by atoms with Crippen molar-refractivity contribution in [2.45, 2.75) is 38.6 Å². The van der Waals surface area contributed by atoms with E-state index in [0.717, 1.165) is 25.0 Å². The molecule has 1 saturated carbocycles. The zero-order chi connectivity index (χ0) is 9.97. The highest BCUT2D eigenvalue weighted by Crippen LogP contribution is 2.24. The summed E-state index contributed by atoms with van der Waals surface area (Å²) in [7, 11) is 0. The minimum Gasteiger partial charge on any atom is -0.342 e. The molecule has 0 unspecified atom stereocenters. The van der Waals surface area contributed by atoms with Crippen LogP contribution in [0.15, 0.2) is 4.99 Å². The molecule has 2 aliphatic rings. The summed E-state index contributed by atoms with van der Waals surface area (Å²) in [5.74, 6) is 7.25. The van der Waals surface area contributed by atoms with Gasteiger partial charge in [0.15, 0.2) is 0 Å². The van der Waals surface area contributed by atoms with Gasteiger partial charge in [0, 0.05) is 13.1 Å². The minimum absolute atomic E-state index is 0.542. The Morgan fingerprint density at radius 1 is 1.29 bits per heavy atom. The van der Waals surface area contributed by atoms with Gasteiger partial charge in [0.2, 0.25) is 5.96 Å². The summed E-state index contributed by atoms with van der Waals surface area (Å²) in [6.45, 7) is 4.50. The van der Waals surface area contributed by atoms with E-state index in [1.54, 1.807) is 0 Å². The molecule has 3 N–H and O–H groups in total. The van der Waals surface area contributed by atoms with Crippen LogP contribution in [0.4, 0.5) is 0 Å². The fraction of sp³-hybridized carbons (Fsp3) is 0.900. The highest BCUT2D eigenvalue weighted by Gasteiger charge is 2.24. The lowest BCUT2D eigenvalue weighted by molar-refractivity contribution is 0.273. The molecule has 0 radical (unpaired) electrons. The van der Waals surface area contributed by atoms with E-state index in [4.69, 9.17) is 5.84 Å². The third kappa shape index (κ3) is 2.38. The molecule has 1 saturated heterocycles. The van der Waals surface area contributed by atoms with Crippen LogP contribution in [0.2, 0.25) is 0 Å². The van der Waals surface area contributed by atoms with Crippen molar-refractivity contribution in [2.24, 2.45) is 16.8 Å². The minimum atomic E-state index is 0.542. The maximum atomic E-state index is 5.49. The lowest BCUT2D eigenvalue weighted by Gasteiger charge is -2.32. The predicted molar refractivity (Wildman–Crippen MR) is 57.8 cm³/mol. The van der Waals surface area contributed by atoms with Gasteiger partial charge < -0.3 is 4.90 Å². The van der Waals surface area contributed by atoms with Crippen molar-refractivity contribution < 1.29 is 0 Å². The van der Waals surface area contributed by atoms with Gasteiger partial charge in [-0.1, -0.05) is 6.92 Å². The Balaban J connectivity index is 1.91. The first-order valence-electron chi connectivity index (χ1n) is 5.59. The summed E-state index contributed by atoms with van der Waals surface area (Å²) in [6.07, 6.45) is 4.97. The van der Waals surface area contributed by atoms with Crippen molar-refractivity contribution in [2.75, 3.05) is 13.1 Å². The van der Waals surface area contributed by atoms with Crippen LogP contribution in [-0.4, -0.2) is 30.0 Å². The van der Waals surface area contributed by atoms with Gasteiger partial charge in [-0.15, -0.1) is 0 Å². The predicted octanol–water partition coefficient (Wildman–Crippen LogP) is 0.700. The monoisotopic (exact) mass is 196 g/mol. The van der Waals surface area contributed by atoms with Crippen molar-refractivity contribution in [3.63, 3.8) is 0 Å². The Hall–Kier alpha value is -0.770. The number of hydrogen-bond donors (Lipinski definition) is 2. The standard InChI is InChI=1S/C10H20N4/c1-8-4-6-14(7-5-8)10(13-11)12-9-2-3-9/h8-9H,2-7,11H2,1H3,(H,12,13). The largest absolute Gasteiger partial charge is 0.342 e. The highest BCUT2D eigenvalue weighted by atomic mass is 15.4. The van der Waals surface area contributed by atoms with Crippen LogP contribution in [0.3, 0.4) is 0 Å². The van der Waals surface area contributed by atoms with Crippen LogP contribution < -0.4 is 11.3 Å². The van der Waals surface area contributed by atoms with Gasteiger partial charge in [0.05, 0.1) is 6.04 Å². The Bertz CT molecular complexity index is 214. The van der Waals surface area contributed by atoms with E-state index in [9.17, 15) is 0 Å². The smallest absolute Gasteiger partial charge is 0.208 e. The molecular weight excluding hydrogens is 176 g/mol. The molecule has 2 fully saturated rings. The van der Waals surface area contributed by atoms with E-state index in [1.807, 2.05) is 0 Å². The third-order valence-corrected chi connectivity index (χ3v) is 3.06. The van der Waals surface area contributed by atoms with Crippen LogP contribution >= 0.6 is 0 Å². The number of hydrazine groups is 1. The molecule has 0 aromatic heterocycles. The second kappa shape index (κ2) is 4.17. The van der Waals surface area contributed by atoms with Gasteiger partial charge in [-0.25, -0.2) is 10.8 Å². The van der Waals surface area contributed by atoms with E-state index in [-0.39, 0.29) is 0 Å². The van der Waals surface area contributed by atoms with E-state index in [2.05, 4.69) is 22.2 Å². The number of nitrogens with zero attached hydrogens (tertiary/aromatic N) is 2. The topological polar surface area (TPSA) is 53.6 Å². The van der Waals surface area contributed by atoms with Gasteiger partial charge >= 0.3 is 0 Å². The average molecular weight is 196 g/mol. The second-order valence-corrected chi connectivity index (χ2v) is 4.50. The van der Waals surface area contributed by atoms with Crippen molar-refractivity contribution in [1.29, 1.82) is 0 Å². The molecule has 0 amide bonds. The number of guanidine groups is 1. The van der Waals surface area contributed by atoms with Crippen LogP contribution in [0.1, 0.15) is 32.6 Å². The number of piperidine rings is 1. The first-order chi connectivity index (χ1) is 6.79. The Morgan fingerprint density at radius 2 is 1.93 bits per heavy atom. The normalized spacial score (nSPS) is 25.3. The molecule has 2 rings (SSSR count). The Morgan fingerprint density at radius 3 is 2.43 bits per heavy atom. The van der Waals surface area contributed by atoms with Crippen LogP contribution in [0.25, 0.3) is 0 Å². The first-order valence-corrected chi connectivity index (χ1v) is 5.59. The number of hydrogen-bond acceptors (Lipinski definition) is 2. The maximum absolute atomic E-state index is 5.49. The zero-order valence-electron chi connectivity index (χ0n) is 8.87. The second-order valence-electron chi connectivity index (χ2n) is 4.50. The number of rotatable bonds is 1. The fourth-order valence-corrected chi connectivity index (χ4v) is 1.81. The number of nitrogens with one attached hydrogen (secondary N) is 1. The molecule has 0 aromatic rings. The first kappa shape index (κ1) is 9.77. The van der Waals surface area contributed by atoms with E-state index in [1.165, 1.54) is 25.7 Å². The number of likely N-dealkylation sites (tertiary alicyclic amines) is 1. The van der Waals surface area contributed by atoms with E-state index in [0.29, 0.717) is 6.04 Å². The van der Waals surface area contributed by atoms with E-state index >= 15 is 0 Å². The van der Waals surface area contributed by atoms with Crippen molar-refractivity contribution in [3.05, 3.63) is 0 Å². The molecule has 4 nitrogen and oxygen atoms in total. The molecule has 0 spiro atoms. The summed E-state index contributed by atoms with van der Waals surface area (Å²) < 4.78 is 0. The zero-order valence-corrected chi connectivity index (χ0v) is 8.87. The van der Waals surface area contributed by atoms with Gasteiger partial charge in [0.25, 0.3) is 0 Å². The summed E-state index contributed by atoms with van der Waals surface area (Å²) in [5.41, 5.74) is 2.73. The van der Waals surface area contributed by atoms with Crippen LogP contribution in [-0.2, 0) is 0 Å². The van der Waals surface area contributed by atoms with E-state index < -0.39 is 0 Å². The van der Waals surface area contributed by atoms with Crippen molar-refractivity contribution in [3.8, 4) is 0 Å². The third-order valence-electron chi connectivity index (χ3n) is 3.06. The number of nitrogens with two attached hydrogens (primary N) is 1. The Labute approximate surface area is 85.5 Å². The number of aliphatic imine (C=N–C) groups is 1. The molecule has 4 heteroatoms. The van der Waals surface area contributed by atoms with Gasteiger partial charge in [-0.05, 0) is 31.6 Å². The van der Waals surface area contributed by atoms with Crippen LogP contribution in [0, 0.1) is 5.92 Å². The maximum Gasteiger partial charge on any atom is 0.208 e. The lowest BCUT2D eigenvalue weighted by atomic mass is 10.00. The molecule has 80 valence electrons. The van der Waals surface area contributed by atoms with Gasteiger partial charge in [0.1, 0.15) is 0 Å².